The minimum atomic E-state index is -3.61. The highest BCUT2D eigenvalue weighted by atomic mass is 32.2. The minimum Gasteiger partial charge on any atom is -0.385 e. The van der Waals surface area contributed by atoms with Crippen LogP contribution < -0.4 is 10.5 Å². The lowest BCUT2D eigenvalue weighted by Gasteiger charge is -2.07. The highest BCUT2D eigenvalue weighted by molar-refractivity contribution is 7.89. The molecule has 0 unspecified atom stereocenters. The van der Waals surface area contributed by atoms with Gasteiger partial charge in [0.1, 0.15) is 0 Å². The van der Waals surface area contributed by atoms with E-state index in [9.17, 15) is 8.42 Å². The van der Waals surface area contributed by atoms with Gasteiger partial charge >= 0.3 is 0 Å². The summed E-state index contributed by atoms with van der Waals surface area (Å²) in [5, 5.41) is 8.09. The van der Waals surface area contributed by atoms with Crippen LogP contribution in [-0.2, 0) is 10.0 Å². The summed E-state index contributed by atoms with van der Waals surface area (Å²) < 4.78 is 22.3. The van der Waals surface area contributed by atoms with Crippen molar-refractivity contribution in [3.63, 3.8) is 0 Å². The van der Waals surface area contributed by atoms with Crippen molar-refractivity contribution < 1.29 is 8.42 Å². The monoisotopic (exact) mass is 214 g/mol. The molecule has 78 valence electrons. The van der Waals surface area contributed by atoms with E-state index in [1.165, 1.54) is 0 Å². The molecule has 14 heavy (non-hydrogen) atoms. The van der Waals surface area contributed by atoms with Gasteiger partial charge in [0, 0.05) is 12.2 Å². The number of rotatable bonds is 3. The number of hydrogen-bond acceptors (Lipinski definition) is 3. The fourth-order valence-electron chi connectivity index (χ4n) is 1.22. The van der Waals surface area contributed by atoms with E-state index in [4.69, 9.17) is 5.14 Å². The number of nitrogens with one attached hydrogen (secondary N) is 1. The molecule has 4 nitrogen and oxygen atoms in total. The van der Waals surface area contributed by atoms with Gasteiger partial charge in [0.15, 0.2) is 0 Å². The van der Waals surface area contributed by atoms with Crippen molar-refractivity contribution in [2.24, 2.45) is 5.14 Å². The zero-order valence-corrected chi connectivity index (χ0v) is 9.06. The van der Waals surface area contributed by atoms with Crippen molar-refractivity contribution in [2.75, 3.05) is 11.9 Å². The number of benzene rings is 1. The Balaban J connectivity index is 3.22. The van der Waals surface area contributed by atoms with Crippen LogP contribution >= 0.6 is 0 Å². The van der Waals surface area contributed by atoms with Crippen molar-refractivity contribution in [3.8, 4) is 0 Å². The van der Waals surface area contributed by atoms with Gasteiger partial charge < -0.3 is 5.32 Å². The standard InChI is InChI=1S/C9H14N2O2S/c1-3-11-8-5-4-7(2)9(6-8)14(10,12)13/h4-6,11H,3H2,1-2H3,(H2,10,12,13). The van der Waals surface area contributed by atoms with E-state index in [-0.39, 0.29) is 4.90 Å². The van der Waals surface area contributed by atoms with Gasteiger partial charge in [-0.05, 0) is 31.5 Å². The van der Waals surface area contributed by atoms with Crippen LogP contribution in [0.4, 0.5) is 5.69 Å². The molecule has 0 saturated carbocycles. The molecule has 0 radical (unpaired) electrons. The average molecular weight is 214 g/mol. The van der Waals surface area contributed by atoms with Crippen LogP contribution in [0.1, 0.15) is 12.5 Å². The molecule has 3 N–H and O–H groups in total. The van der Waals surface area contributed by atoms with Crippen LogP contribution in [-0.4, -0.2) is 15.0 Å². The first kappa shape index (κ1) is 11.0. The lowest BCUT2D eigenvalue weighted by Crippen LogP contribution is -2.14. The van der Waals surface area contributed by atoms with Gasteiger partial charge in [-0.1, -0.05) is 6.07 Å². The molecule has 0 fully saturated rings. The van der Waals surface area contributed by atoms with Crippen molar-refractivity contribution in [2.45, 2.75) is 18.7 Å². The van der Waals surface area contributed by atoms with Crippen LogP contribution in [0.15, 0.2) is 23.1 Å². The molecule has 0 bridgehead atoms. The van der Waals surface area contributed by atoms with Gasteiger partial charge in [-0.25, -0.2) is 13.6 Å². The number of hydrogen-bond donors (Lipinski definition) is 2. The van der Waals surface area contributed by atoms with Gasteiger partial charge in [0.05, 0.1) is 4.90 Å². The van der Waals surface area contributed by atoms with Crippen molar-refractivity contribution >= 4 is 15.7 Å². The molecule has 0 saturated heterocycles. The van der Waals surface area contributed by atoms with Gasteiger partial charge in [-0.3, -0.25) is 0 Å². The lowest BCUT2D eigenvalue weighted by atomic mass is 10.2. The summed E-state index contributed by atoms with van der Waals surface area (Å²) in [5.74, 6) is 0. The summed E-state index contributed by atoms with van der Waals surface area (Å²) in [6.07, 6.45) is 0. The van der Waals surface area contributed by atoms with E-state index in [1.54, 1.807) is 19.1 Å². The molecule has 0 aliphatic carbocycles. The Labute approximate surface area is 84.2 Å². The highest BCUT2D eigenvalue weighted by Crippen LogP contribution is 2.18. The van der Waals surface area contributed by atoms with E-state index in [2.05, 4.69) is 5.32 Å². The Hall–Kier alpha value is -1.07. The molecule has 0 atom stereocenters. The fourth-order valence-corrected chi connectivity index (χ4v) is 2.03. The molecule has 1 aromatic rings. The van der Waals surface area contributed by atoms with E-state index >= 15 is 0 Å². The highest BCUT2D eigenvalue weighted by Gasteiger charge is 2.11. The van der Waals surface area contributed by atoms with E-state index in [0.717, 1.165) is 12.2 Å². The summed E-state index contributed by atoms with van der Waals surface area (Å²) in [7, 11) is -3.61. The van der Waals surface area contributed by atoms with Crippen molar-refractivity contribution in [1.82, 2.24) is 0 Å². The van der Waals surface area contributed by atoms with Gasteiger partial charge in [-0.2, -0.15) is 0 Å². The van der Waals surface area contributed by atoms with Crippen LogP contribution in [0.2, 0.25) is 0 Å². The molecule has 1 aromatic carbocycles. The third kappa shape index (κ3) is 2.46. The maximum atomic E-state index is 11.2. The second-order valence-corrected chi connectivity index (χ2v) is 4.59. The second-order valence-electron chi connectivity index (χ2n) is 3.06. The number of nitrogens with two attached hydrogens (primary N) is 1. The summed E-state index contributed by atoms with van der Waals surface area (Å²) >= 11 is 0. The first-order valence-electron chi connectivity index (χ1n) is 4.32. The molecule has 1 rings (SSSR count). The van der Waals surface area contributed by atoms with Gasteiger partial charge in [-0.15, -0.1) is 0 Å². The minimum absolute atomic E-state index is 0.177. The number of primary sulfonamides is 1. The summed E-state index contributed by atoms with van der Waals surface area (Å²) in [6, 6.07) is 5.11. The third-order valence-electron chi connectivity index (χ3n) is 1.88. The molecule has 0 amide bonds. The summed E-state index contributed by atoms with van der Waals surface area (Å²) in [5.41, 5.74) is 1.43. The van der Waals surface area contributed by atoms with Crippen LogP contribution in [0.5, 0.6) is 0 Å². The third-order valence-corrected chi connectivity index (χ3v) is 2.93. The normalized spacial score (nSPS) is 11.4. The average Bonchev–Trinajstić information content (AvgIpc) is 2.07. The Morgan fingerprint density at radius 3 is 2.57 bits per heavy atom. The SMILES string of the molecule is CCNc1ccc(C)c(S(N)(=O)=O)c1. The Bertz CT molecular complexity index is 426. The molecule has 0 aliphatic rings. The summed E-state index contributed by atoms with van der Waals surface area (Å²) in [6.45, 7) is 4.40. The smallest absolute Gasteiger partial charge is 0.238 e. The van der Waals surface area contributed by atoms with Gasteiger partial charge in [0.25, 0.3) is 0 Å². The first-order valence-corrected chi connectivity index (χ1v) is 5.87. The molecule has 0 spiro atoms. The lowest BCUT2D eigenvalue weighted by molar-refractivity contribution is 0.597. The van der Waals surface area contributed by atoms with Crippen LogP contribution in [0.25, 0.3) is 0 Å². The van der Waals surface area contributed by atoms with Crippen molar-refractivity contribution in [1.29, 1.82) is 0 Å². The maximum absolute atomic E-state index is 11.2. The van der Waals surface area contributed by atoms with Crippen LogP contribution in [0.3, 0.4) is 0 Å². The van der Waals surface area contributed by atoms with Gasteiger partial charge in [0.2, 0.25) is 10.0 Å². The topological polar surface area (TPSA) is 72.2 Å². The summed E-state index contributed by atoms with van der Waals surface area (Å²) in [4.78, 5) is 0.177. The predicted molar refractivity (Wildman–Crippen MR) is 56.7 cm³/mol. The number of anilines is 1. The molecule has 0 heterocycles. The first-order chi connectivity index (χ1) is 6.45. The van der Waals surface area contributed by atoms with E-state index in [0.29, 0.717) is 5.56 Å². The van der Waals surface area contributed by atoms with Crippen molar-refractivity contribution in [3.05, 3.63) is 23.8 Å². The number of aryl methyl sites for hydroxylation is 1. The molecule has 0 aromatic heterocycles. The zero-order valence-electron chi connectivity index (χ0n) is 8.24. The van der Waals surface area contributed by atoms with E-state index < -0.39 is 10.0 Å². The number of sulfonamides is 1. The maximum Gasteiger partial charge on any atom is 0.238 e. The predicted octanol–water partition coefficient (Wildman–Crippen LogP) is 1.07. The molecular weight excluding hydrogens is 200 g/mol. The Kier molecular flexibility index (Phi) is 3.13. The Morgan fingerprint density at radius 2 is 2.07 bits per heavy atom. The largest absolute Gasteiger partial charge is 0.385 e. The molecule has 5 heteroatoms. The fraction of sp³-hybridized carbons (Fsp3) is 0.333. The molecule has 0 aliphatic heterocycles. The molecular formula is C9H14N2O2S. The second kappa shape index (κ2) is 3.98. The van der Waals surface area contributed by atoms with E-state index in [1.807, 2.05) is 13.0 Å². The zero-order chi connectivity index (χ0) is 10.8. The quantitative estimate of drug-likeness (QED) is 0.790. The van der Waals surface area contributed by atoms with Crippen LogP contribution in [0, 0.1) is 6.92 Å². The Morgan fingerprint density at radius 1 is 1.43 bits per heavy atom.